The first-order chi connectivity index (χ1) is 12.2. The quantitative estimate of drug-likeness (QED) is 0.757. The number of hydrogen-bond donors (Lipinski definition) is 0. The molecule has 2 heterocycles. The molecule has 3 rings (SSSR count). The molecule has 0 atom stereocenters. The van der Waals surface area contributed by atoms with E-state index >= 15 is 0 Å². The van der Waals surface area contributed by atoms with E-state index < -0.39 is 0 Å². The van der Waals surface area contributed by atoms with Gasteiger partial charge in [-0.05, 0) is 62.9 Å². The van der Waals surface area contributed by atoms with Gasteiger partial charge in [-0.3, -0.25) is 9.80 Å². The van der Waals surface area contributed by atoms with E-state index in [1.54, 1.807) is 7.11 Å². The van der Waals surface area contributed by atoms with Crippen LogP contribution in [0.3, 0.4) is 0 Å². The third kappa shape index (κ3) is 5.70. The number of aryl methyl sites for hydroxylation is 1. The van der Waals surface area contributed by atoms with Crippen molar-refractivity contribution in [2.45, 2.75) is 39.2 Å². The first-order valence-electron chi connectivity index (χ1n) is 9.93. The Morgan fingerprint density at radius 2 is 1.84 bits per heavy atom. The van der Waals surface area contributed by atoms with Crippen LogP contribution >= 0.6 is 0 Å². The van der Waals surface area contributed by atoms with Gasteiger partial charge in [0.2, 0.25) is 0 Å². The van der Waals surface area contributed by atoms with Crippen LogP contribution in [-0.4, -0.2) is 62.8 Å². The molecular formula is C21H34N2O2. The molecule has 0 unspecified atom stereocenters. The Morgan fingerprint density at radius 3 is 2.56 bits per heavy atom. The van der Waals surface area contributed by atoms with Gasteiger partial charge in [0, 0.05) is 25.2 Å². The van der Waals surface area contributed by atoms with E-state index in [0.29, 0.717) is 0 Å². The van der Waals surface area contributed by atoms with E-state index in [0.717, 1.165) is 50.9 Å². The van der Waals surface area contributed by atoms with Gasteiger partial charge in [-0.1, -0.05) is 19.1 Å². The van der Waals surface area contributed by atoms with Gasteiger partial charge in [0.15, 0.2) is 0 Å². The summed E-state index contributed by atoms with van der Waals surface area (Å²) >= 11 is 0. The minimum absolute atomic E-state index is 0.879. The van der Waals surface area contributed by atoms with Crippen LogP contribution in [0.1, 0.15) is 37.3 Å². The second-order valence-electron chi connectivity index (χ2n) is 7.66. The number of hydrogen-bond acceptors (Lipinski definition) is 4. The standard InChI is InChI=1S/C21H34N2O2/c1-18-7-10-23(11-8-18)17-20-16-19(5-6-21(20)24-2)4-3-9-22-12-14-25-15-13-22/h5-6,16,18H,3-4,7-15,17H2,1-2H3. The zero-order valence-corrected chi connectivity index (χ0v) is 16.0. The van der Waals surface area contributed by atoms with Crippen LogP contribution in [0.15, 0.2) is 18.2 Å². The van der Waals surface area contributed by atoms with E-state index in [4.69, 9.17) is 9.47 Å². The van der Waals surface area contributed by atoms with Gasteiger partial charge in [0.25, 0.3) is 0 Å². The molecule has 2 aliphatic heterocycles. The lowest BCUT2D eigenvalue weighted by atomic mass is 9.98. The number of methoxy groups -OCH3 is 1. The van der Waals surface area contributed by atoms with Crippen LogP contribution < -0.4 is 4.74 Å². The fourth-order valence-electron chi connectivity index (χ4n) is 3.90. The van der Waals surface area contributed by atoms with Gasteiger partial charge in [0.05, 0.1) is 20.3 Å². The summed E-state index contributed by atoms with van der Waals surface area (Å²) in [7, 11) is 1.79. The largest absolute Gasteiger partial charge is 0.496 e. The van der Waals surface area contributed by atoms with Crippen LogP contribution in [0.4, 0.5) is 0 Å². The number of likely N-dealkylation sites (tertiary alicyclic amines) is 1. The second-order valence-corrected chi connectivity index (χ2v) is 7.66. The summed E-state index contributed by atoms with van der Waals surface area (Å²) in [5, 5.41) is 0. The molecule has 2 saturated heterocycles. The highest BCUT2D eigenvalue weighted by atomic mass is 16.5. The van der Waals surface area contributed by atoms with Crippen molar-refractivity contribution >= 4 is 0 Å². The maximum absolute atomic E-state index is 5.61. The smallest absolute Gasteiger partial charge is 0.123 e. The molecule has 1 aromatic carbocycles. The van der Waals surface area contributed by atoms with Gasteiger partial charge in [0.1, 0.15) is 5.75 Å². The third-order valence-corrected chi connectivity index (χ3v) is 5.66. The lowest BCUT2D eigenvalue weighted by molar-refractivity contribution is 0.0374. The molecule has 2 aliphatic rings. The van der Waals surface area contributed by atoms with E-state index in [9.17, 15) is 0 Å². The number of rotatable bonds is 7. The molecular weight excluding hydrogens is 312 g/mol. The first-order valence-corrected chi connectivity index (χ1v) is 9.93. The van der Waals surface area contributed by atoms with E-state index in [1.165, 1.54) is 50.0 Å². The zero-order chi connectivity index (χ0) is 17.5. The Morgan fingerprint density at radius 1 is 1.08 bits per heavy atom. The van der Waals surface area contributed by atoms with E-state index in [2.05, 4.69) is 34.9 Å². The molecule has 2 fully saturated rings. The molecule has 1 aromatic rings. The number of benzene rings is 1. The molecule has 0 spiro atoms. The van der Waals surface area contributed by atoms with Gasteiger partial charge in [-0.15, -0.1) is 0 Å². The summed E-state index contributed by atoms with van der Waals surface area (Å²) < 4.78 is 11.0. The van der Waals surface area contributed by atoms with Crippen molar-refractivity contribution in [3.63, 3.8) is 0 Å². The van der Waals surface area contributed by atoms with Crippen molar-refractivity contribution in [3.05, 3.63) is 29.3 Å². The lowest BCUT2D eigenvalue weighted by Crippen LogP contribution is -2.36. The number of ether oxygens (including phenoxy) is 2. The fourth-order valence-corrected chi connectivity index (χ4v) is 3.90. The van der Waals surface area contributed by atoms with Crippen molar-refractivity contribution in [1.29, 1.82) is 0 Å². The predicted octanol–water partition coefficient (Wildman–Crippen LogP) is 3.19. The van der Waals surface area contributed by atoms with Crippen molar-refractivity contribution in [1.82, 2.24) is 9.80 Å². The molecule has 0 aromatic heterocycles. The summed E-state index contributed by atoms with van der Waals surface area (Å²) in [6, 6.07) is 6.77. The minimum Gasteiger partial charge on any atom is -0.496 e. The monoisotopic (exact) mass is 346 g/mol. The fraction of sp³-hybridized carbons (Fsp3) is 0.714. The molecule has 0 aliphatic carbocycles. The van der Waals surface area contributed by atoms with Crippen molar-refractivity contribution in [2.75, 3.05) is 53.0 Å². The summed E-state index contributed by atoms with van der Waals surface area (Å²) in [6.07, 6.45) is 5.00. The van der Waals surface area contributed by atoms with E-state index in [1.807, 2.05) is 0 Å². The zero-order valence-electron chi connectivity index (χ0n) is 16.0. The summed E-state index contributed by atoms with van der Waals surface area (Å²) in [5.41, 5.74) is 2.79. The SMILES string of the molecule is COc1ccc(CCCN2CCOCC2)cc1CN1CCC(C)CC1. The third-order valence-electron chi connectivity index (χ3n) is 5.66. The van der Waals surface area contributed by atoms with Crippen LogP contribution in [0.5, 0.6) is 5.75 Å². The number of morpholine rings is 1. The Labute approximate surface area is 153 Å². The first kappa shape index (κ1) is 18.7. The topological polar surface area (TPSA) is 24.9 Å². The normalized spacial score (nSPS) is 20.7. The Kier molecular flexibility index (Phi) is 7.14. The Balaban J connectivity index is 1.53. The molecule has 25 heavy (non-hydrogen) atoms. The molecule has 4 heteroatoms. The van der Waals surface area contributed by atoms with E-state index in [-0.39, 0.29) is 0 Å². The van der Waals surface area contributed by atoms with Crippen molar-refractivity contribution in [2.24, 2.45) is 5.92 Å². The van der Waals surface area contributed by atoms with Crippen molar-refractivity contribution < 1.29 is 9.47 Å². The van der Waals surface area contributed by atoms with Gasteiger partial charge in [-0.2, -0.15) is 0 Å². The highest BCUT2D eigenvalue weighted by molar-refractivity contribution is 5.37. The minimum atomic E-state index is 0.879. The van der Waals surface area contributed by atoms with Gasteiger partial charge >= 0.3 is 0 Å². The maximum atomic E-state index is 5.61. The Hall–Kier alpha value is -1.10. The number of piperidine rings is 1. The molecule has 0 radical (unpaired) electrons. The highest BCUT2D eigenvalue weighted by Crippen LogP contribution is 2.25. The molecule has 140 valence electrons. The van der Waals surface area contributed by atoms with Crippen LogP contribution in [0, 0.1) is 5.92 Å². The molecule has 0 saturated carbocycles. The van der Waals surface area contributed by atoms with Crippen LogP contribution in [0.25, 0.3) is 0 Å². The van der Waals surface area contributed by atoms with Crippen LogP contribution in [-0.2, 0) is 17.7 Å². The van der Waals surface area contributed by atoms with Gasteiger partial charge < -0.3 is 9.47 Å². The second kappa shape index (κ2) is 9.56. The molecule has 0 bridgehead atoms. The molecule has 0 amide bonds. The predicted molar refractivity (Wildman–Crippen MR) is 102 cm³/mol. The average molecular weight is 347 g/mol. The average Bonchev–Trinajstić information content (AvgIpc) is 2.65. The molecule has 0 N–H and O–H groups in total. The summed E-state index contributed by atoms with van der Waals surface area (Å²) in [4.78, 5) is 5.10. The summed E-state index contributed by atoms with van der Waals surface area (Å²) in [6.45, 7) is 10.9. The maximum Gasteiger partial charge on any atom is 0.123 e. The summed E-state index contributed by atoms with van der Waals surface area (Å²) in [5.74, 6) is 1.92. The van der Waals surface area contributed by atoms with Gasteiger partial charge in [-0.25, -0.2) is 0 Å². The van der Waals surface area contributed by atoms with Crippen molar-refractivity contribution in [3.8, 4) is 5.75 Å². The van der Waals surface area contributed by atoms with Crippen LogP contribution in [0.2, 0.25) is 0 Å². The highest BCUT2D eigenvalue weighted by Gasteiger charge is 2.17. The Bertz CT molecular complexity index is 521. The number of nitrogens with zero attached hydrogens (tertiary/aromatic N) is 2. The lowest BCUT2D eigenvalue weighted by Gasteiger charge is -2.30. The molecule has 4 nitrogen and oxygen atoms in total.